The lowest BCUT2D eigenvalue weighted by molar-refractivity contribution is 0.0378. The van der Waals surface area contributed by atoms with Gasteiger partial charge in [-0.25, -0.2) is 9.59 Å². The predicted molar refractivity (Wildman–Crippen MR) is 115 cm³/mol. The van der Waals surface area contributed by atoms with Crippen LogP contribution in [0, 0.1) is 5.92 Å². The zero-order chi connectivity index (χ0) is 21.3. The molecule has 0 saturated carbocycles. The first-order valence-corrected chi connectivity index (χ1v) is 11.6. The quantitative estimate of drug-likeness (QED) is 0.206. The molecule has 0 spiro atoms. The fourth-order valence-electron chi connectivity index (χ4n) is 3.19. The summed E-state index contributed by atoms with van der Waals surface area (Å²) in [5.41, 5.74) is 0. The molecule has 29 heavy (non-hydrogen) atoms. The Labute approximate surface area is 176 Å². The summed E-state index contributed by atoms with van der Waals surface area (Å²) in [5.74, 6) is -0.586. The number of carbonyl (C=O) groups excluding carboxylic acids is 2. The highest BCUT2D eigenvalue weighted by atomic mass is 16.6. The lowest BCUT2D eigenvalue weighted by atomic mass is 10.0. The molecule has 5 heteroatoms. The first-order valence-electron chi connectivity index (χ1n) is 11.6. The first-order chi connectivity index (χ1) is 14.1. The Balaban J connectivity index is 2.24. The van der Waals surface area contributed by atoms with Gasteiger partial charge in [0.25, 0.3) is 0 Å². The highest BCUT2D eigenvalue weighted by Crippen LogP contribution is 2.16. The molecule has 0 aliphatic carbocycles. The molecular formula is C24H40O5. The minimum atomic E-state index is -0.527. The van der Waals surface area contributed by atoms with E-state index in [9.17, 15) is 9.59 Å². The predicted octanol–water partition coefficient (Wildman–Crippen LogP) is 6.95. The van der Waals surface area contributed by atoms with Gasteiger partial charge in [0.05, 0.1) is 13.2 Å². The third-order valence-electron chi connectivity index (χ3n) is 5.23. The summed E-state index contributed by atoms with van der Waals surface area (Å²) in [6.45, 7) is 7.23. The smallest absolute Gasteiger partial charge is 0.374 e. The Morgan fingerprint density at radius 2 is 1.34 bits per heavy atom. The Morgan fingerprint density at radius 1 is 0.793 bits per heavy atom. The average Bonchev–Trinajstić information content (AvgIpc) is 3.23. The normalized spacial score (nSPS) is 12.0. The molecule has 166 valence electrons. The molecule has 0 aliphatic rings. The highest BCUT2D eigenvalue weighted by Gasteiger charge is 2.19. The monoisotopic (exact) mass is 408 g/mol. The van der Waals surface area contributed by atoms with Gasteiger partial charge >= 0.3 is 11.9 Å². The molecule has 1 aromatic rings. The molecule has 0 N–H and O–H groups in total. The molecule has 1 unspecified atom stereocenters. The van der Waals surface area contributed by atoms with Crippen LogP contribution in [0.5, 0.6) is 0 Å². The summed E-state index contributed by atoms with van der Waals surface area (Å²) >= 11 is 0. The van der Waals surface area contributed by atoms with Crippen molar-refractivity contribution in [3.8, 4) is 0 Å². The number of hydrogen-bond donors (Lipinski definition) is 0. The lowest BCUT2D eigenvalue weighted by Gasteiger charge is -2.13. The summed E-state index contributed by atoms with van der Waals surface area (Å²) < 4.78 is 15.9. The number of furan rings is 1. The molecule has 0 amide bonds. The first kappa shape index (κ1) is 25.3. The van der Waals surface area contributed by atoms with Crippen LogP contribution in [0.3, 0.4) is 0 Å². The molecule has 1 atom stereocenters. The van der Waals surface area contributed by atoms with Gasteiger partial charge in [0, 0.05) is 0 Å². The van der Waals surface area contributed by atoms with Gasteiger partial charge in [-0.05, 0) is 30.9 Å². The zero-order valence-electron chi connectivity index (χ0n) is 18.7. The largest absolute Gasteiger partial charge is 0.460 e. The van der Waals surface area contributed by atoms with Crippen LogP contribution < -0.4 is 0 Å². The topological polar surface area (TPSA) is 65.7 Å². The van der Waals surface area contributed by atoms with Crippen LogP contribution in [0.15, 0.2) is 16.5 Å². The molecule has 0 fully saturated rings. The Kier molecular flexibility index (Phi) is 14.0. The minimum absolute atomic E-state index is 0.0503. The van der Waals surface area contributed by atoms with Crippen molar-refractivity contribution in [2.24, 2.45) is 5.92 Å². The van der Waals surface area contributed by atoms with Gasteiger partial charge < -0.3 is 13.9 Å². The standard InChI is InChI=1S/C24H40O5/c1-4-7-9-10-11-12-13-14-18-27-23(25)21-16-17-22(29-21)24(26)28-19-20(6-3)15-8-5-2/h16-17,20H,4-15,18-19H2,1-3H3. The van der Waals surface area contributed by atoms with E-state index < -0.39 is 11.9 Å². The van der Waals surface area contributed by atoms with E-state index in [1.54, 1.807) is 0 Å². The Morgan fingerprint density at radius 3 is 1.93 bits per heavy atom. The van der Waals surface area contributed by atoms with Crippen molar-refractivity contribution in [2.75, 3.05) is 13.2 Å². The zero-order valence-corrected chi connectivity index (χ0v) is 18.7. The van der Waals surface area contributed by atoms with E-state index in [2.05, 4.69) is 20.8 Å². The third-order valence-corrected chi connectivity index (χ3v) is 5.23. The van der Waals surface area contributed by atoms with Crippen molar-refractivity contribution in [3.63, 3.8) is 0 Å². The van der Waals surface area contributed by atoms with Crippen molar-refractivity contribution in [1.82, 2.24) is 0 Å². The van der Waals surface area contributed by atoms with Crippen molar-refractivity contribution in [2.45, 2.75) is 97.8 Å². The maximum absolute atomic E-state index is 12.1. The number of unbranched alkanes of at least 4 members (excludes halogenated alkanes) is 8. The molecule has 0 bridgehead atoms. The number of ether oxygens (including phenoxy) is 2. The van der Waals surface area contributed by atoms with Crippen LogP contribution in [-0.2, 0) is 9.47 Å². The summed E-state index contributed by atoms with van der Waals surface area (Å²) in [6, 6.07) is 2.95. The number of carbonyl (C=O) groups is 2. The van der Waals surface area contributed by atoms with Crippen molar-refractivity contribution < 1.29 is 23.5 Å². The fourth-order valence-corrected chi connectivity index (χ4v) is 3.19. The molecule has 1 rings (SSSR count). The van der Waals surface area contributed by atoms with Crippen molar-refractivity contribution in [1.29, 1.82) is 0 Å². The van der Waals surface area contributed by atoms with Crippen LogP contribution in [0.25, 0.3) is 0 Å². The van der Waals surface area contributed by atoms with Gasteiger partial charge in [-0.2, -0.15) is 0 Å². The molecular weight excluding hydrogens is 368 g/mol. The van der Waals surface area contributed by atoms with Gasteiger partial charge in [-0.1, -0.05) is 85.0 Å². The van der Waals surface area contributed by atoms with Gasteiger partial charge in [-0.3, -0.25) is 0 Å². The summed E-state index contributed by atoms with van der Waals surface area (Å²) in [4.78, 5) is 24.2. The Bertz CT molecular complexity index is 563. The average molecular weight is 409 g/mol. The third kappa shape index (κ3) is 11.1. The van der Waals surface area contributed by atoms with Crippen LogP contribution in [-0.4, -0.2) is 25.2 Å². The van der Waals surface area contributed by atoms with Crippen LogP contribution in [0.2, 0.25) is 0 Å². The van der Waals surface area contributed by atoms with E-state index >= 15 is 0 Å². The molecule has 1 heterocycles. The molecule has 0 aliphatic heterocycles. The second kappa shape index (κ2) is 16.1. The maximum Gasteiger partial charge on any atom is 0.374 e. The molecule has 0 radical (unpaired) electrons. The minimum Gasteiger partial charge on any atom is -0.460 e. The van der Waals surface area contributed by atoms with Crippen LogP contribution >= 0.6 is 0 Å². The molecule has 5 nitrogen and oxygen atoms in total. The highest BCUT2D eigenvalue weighted by molar-refractivity contribution is 5.90. The van der Waals surface area contributed by atoms with Gasteiger partial charge in [0.1, 0.15) is 0 Å². The van der Waals surface area contributed by atoms with Crippen LogP contribution in [0.1, 0.15) is 119 Å². The molecule has 1 aromatic heterocycles. The van der Waals surface area contributed by atoms with Crippen LogP contribution in [0.4, 0.5) is 0 Å². The SMILES string of the molecule is CCCCCCCCCCOC(=O)c1ccc(C(=O)OCC(CC)CCCC)o1. The van der Waals surface area contributed by atoms with E-state index in [0.29, 0.717) is 19.1 Å². The second-order valence-corrected chi connectivity index (χ2v) is 7.79. The summed E-state index contributed by atoms with van der Waals surface area (Å²) in [6.07, 6.45) is 13.8. The second-order valence-electron chi connectivity index (χ2n) is 7.79. The van der Waals surface area contributed by atoms with E-state index in [-0.39, 0.29) is 11.5 Å². The van der Waals surface area contributed by atoms with Gasteiger partial charge in [0.2, 0.25) is 11.5 Å². The van der Waals surface area contributed by atoms with Gasteiger partial charge in [-0.15, -0.1) is 0 Å². The maximum atomic E-state index is 12.1. The van der Waals surface area contributed by atoms with E-state index in [1.807, 2.05) is 0 Å². The lowest BCUT2D eigenvalue weighted by Crippen LogP contribution is -2.13. The van der Waals surface area contributed by atoms with E-state index in [1.165, 1.54) is 50.7 Å². The van der Waals surface area contributed by atoms with Crippen molar-refractivity contribution >= 4 is 11.9 Å². The number of rotatable bonds is 17. The Hall–Kier alpha value is -1.78. The summed E-state index contributed by atoms with van der Waals surface area (Å²) in [7, 11) is 0. The fraction of sp³-hybridized carbons (Fsp3) is 0.750. The number of hydrogen-bond acceptors (Lipinski definition) is 5. The van der Waals surface area contributed by atoms with Crippen molar-refractivity contribution in [3.05, 3.63) is 23.7 Å². The van der Waals surface area contributed by atoms with E-state index in [4.69, 9.17) is 13.9 Å². The molecule has 0 saturated heterocycles. The van der Waals surface area contributed by atoms with Gasteiger partial charge in [0.15, 0.2) is 0 Å². The molecule has 0 aromatic carbocycles. The summed E-state index contributed by atoms with van der Waals surface area (Å²) in [5, 5.41) is 0. The number of esters is 2. The van der Waals surface area contributed by atoms with E-state index in [0.717, 1.165) is 38.5 Å².